The van der Waals surface area contributed by atoms with Gasteiger partial charge in [0.1, 0.15) is 29.5 Å². The number of thiocarbonyl (C=S) groups is 1. The highest BCUT2D eigenvalue weighted by Gasteiger charge is 2.59. The molecular formula is C29H45ClN6O15S. The number of anilines is 1. The third kappa shape index (κ3) is 14.8. The Morgan fingerprint density at radius 3 is 1.92 bits per heavy atom. The molecule has 294 valence electrons. The fourth-order valence-corrected chi connectivity index (χ4v) is 5.24. The number of ether oxygens (including phenoxy) is 9. The Balaban J connectivity index is 1.06. The van der Waals surface area contributed by atoms with Crippen LogP contribution < -0.4 is 16.4 Å². The average Bonchev–Trinajstić information content (AvgIpc) is 3.51. The average molecular weight is 785 g/mol. The van der Waals surface area contributed by atoms with Crippen molar-refractivity contribution in [1.82, 2.24) is 5.32 Å². The molecule has 6 N–H and O–H groups in total. The number of rotatable bonds is 27. The summed E-state index contributed by atoms with van der Waals surface area (Å²) in [5.74, 6) is 0. The van der Waals surface area contributed by atoms with Gasteiger partial charge in [0, 0.05) is 12.6 Å². The summed E-state index contributed by atoms with van der Waals surface area (Å²) in [4.78, 5) is 24.3. The van der Waals surface area contributed by atoms with Crippen molar-refractivity contribution >= 4 is 51.3 Å². The van der Waals surface area contributed by atoms with Gasteiger partial charge in [-0.25, -0.2) is 0 Å². The van der Waals surface area contributed by atoms with E-state index in [1.165, 1.54) is 12.1 Å². The van der Waals surface area contributed by atoms with E-state index < -0.39 is 40.0 Å². The summed E-state index contributed by atoms with van der Waals surface area (Å²) in [6.07, 6.45) is -3.49. The van der Waals surface area contributed by atoms with E-state index in [0.29, 0.717) is 66.1 Å². The Labute approximate surface area is 309 Å². The lowest BCUT2D eigenvalue weighted by Crippen LogP contribution is -2.66. The van der Waals surface area contributed by atoms with Crippen LogP contribution in [-0.4, -0.2) is 166 Å². The van der Waals surface area contributed by atoms with Gasteiger partial charge in [0.05, 0.1) is 115 Å². The van der Waals surface area contributed by atoms with Crippen LogP contribution in [0.5, 0.6) is 0 Å². The normalized spacial score (nSPS) is 22.7. The Morgan fingerprint density at radius 1 is 0.904 bits per heavy atom. The molecule has 5 atom stereocenters. The molecule has 0 radical (unpaired) electrons. The maximum absolute atomic E-state index is 11.2. The van der Waals surface area contributed by atoms with E-state index in [1.54, 1.807) is 0 Å². The molecule has 2 aliphatic rings. The number of aliphatic hydroxyl groups is 2. The number of nitrogens with two attached hydrogens (primary N) is 1. The second-order valence-corrected chi connectivity index (χ2v) is 11.9. The summed E-state index contributed by atoms with van der Waals surface area (Å²) in [6, 6.07) is 2.51. The van der Waals surface area contributed by atoms with Crippen molar-refractivity contribution in [1.29, 1.82) is 0 Å². The Kier molecular flexibility index (Phi) is 19.7. The molecule has 2 fully saturated rings. The number of amidine groups is 1. The summed E-state index contributed by atoms with van der Waals surface area (Å²) in [6.45, 7) is 4.68. The molecule has 0 saturated carbocycles. The number of aliphatic hydroxyl groups excluding tert-OH is 2. The van der Waals surface area contributed by atoms with Gasteiger partial charge >= 0.3 is 0 Å². The Hall–Kier alpha value is -2.97. The first-order valence-electron chi connectivity index (χ1n) is 16.2. The highest BCUT2D eigenvalue weighted by molar-refractivity contribution is 7.80. The van der Waals surface area contributed by atoms with Crippen LogP contribution in [0.3, 0.4) is 0 Å². The van der Waals surface area contributed by atoms with E-state index >= 15 is 0 Å². The zero-order valence-corrected chi connectivity index (χ0v) is 29.8. The van der Waals surface area contributed by atoms with Gasteiger partial charge in [-0.15, -0.1) is 0 Å². The quantitative estimate of drug-likeness (QED) is 0.0145. The smallest absolute Gasteiger partial charge is 0.299 e. The number of fused-ring (bicyclic) bond motifs is 2. The lowest BCUT2D eigenvalue weighted by molar-refractivity contribution is -0.393. The number of nitro benzene ring substituents is 2. The van der Waals surface area contributed by atoms with Crippen LogP contribution in [0.25, 0.3) is 0 Å². The molecule has 23 heteroatoms. The molecule has 1 aromatic carbocycles. The third-order valence-corrected chi connectivity index (χ3v) is 7.69. The fourth-order valence-electron chi connectivity index (χ4n) is 4.87. The van der Waals surface area contributed by atoms with Gasteiger partial charge in [0.15, 0.2) is 16.7 Å². The third-order valence-electron chi connectivity index (χ3n) is 7.39. The summed E-state index contributed by atoms with van der Waals surface area (Å²) in [7, 11) is 0. The van der Waals surface area contributed by atoms with Crippen LogP contribution in [-0.2, 0) is 42.6 Å². The van der Waals surface area contributed by atoms with Crippen LogP contribution in [0, 0.1) is 20.2 Å². The summed E-state index contributed by atoms with van der Waals surface area (Å²) in [5, 5.41) is 48.5. The minimum atomic E-state index is -1.32. The summed E-state index contributed by atoms with van der Waals surface area (Å²) < 4.78 is 49.8. The van der Waals surface area contributed by atoms with Crippen molar-refractivity contribution in [2.75, 3.05) is 111 Å². The minimum absolute atomic E-state index is 0.00664. The second kappa shape index (κ2) is 23.6. The maximum Gasteiger partial charge on any atom is 0.299 e. The number of nitrogens with zero attached hydrogens (tertiary/aromatic N) is 3. The van der Waals surface area contributed by atoms with Crippen LogP contribution in [0.4, 0.5) is 17.1 Å². The van der Waals surface area contributed by atoms with Crippen LogP contribution in [0.2, 0.25) is 0 Å². The van der Waals surface area contributed by atoms with Gasteiger partial charge in [-0.3, -0.25) is 20.2 Å². The van der Waals surface area contributed by atoms with E-state index in [1.807, 2.05) is 0 Å². The van der Waals surface area contributed by atoms with E-state index in [2.05, 4.69) is 15.6 Å². The highest BCUT2D eigenvalue weighted by Crippen LogP contribution is 2.37. The molecule has 2 aliphatic heterocycles. The molecule has 2 heterocycles. The van der Waals surface area contributed by atoms with E-state index in [9.17, 15) is 30.4 Å². The maximum atomic E-state index is 11.2. The van der Waals surface area contributed by atoms with Gasteiger partial charge in [-0.2, -0.15) is 4.99 Å². The molecule has 0 unspecified atom stereocenters. The number of non-ortho nitro benzene ring substituents is 1. The summed E-state index contributed by atoms with van der Waals surface area (Å²) in [5.41, 5.74) is 3.48. The predicted octanol–water partition coefficient (Wildman–Crippen LogP) is -0.325. The molecular weight excluding hydrogens is 740 g/mol. The molecule has 21 nitrogen and oxygen atoms in total. The standard InChI is InChI=1S/C29H45ClN6O15S/c30-27(31)34-28(52)33-23-24(37)25(38)29(19-50-26(23)51-29)18-49-16-15-48-14-13-47-12-11-46-10-9-45-8-7-44-6-5-43-4-3-32-21-2-1-20(35(39)40)17-22(21)36(41)42/h1-2,17,23-26,32,37-38H,3-16,18-19H2,(H3,31,33,34,52)/t23-,24-,25-,26+,29+/m1/s1. The van der Waals surface area contributed by atoms with Gasteiger partial charge in [-0.05, 0) is 29.9 Å². The molecule has 2 saturated heterocycles. The molecule has 0 aromatic heterocycles. The monoisotopic (exact) mass is 784 g/mol. The van der Waals surface area contributed by atoms with Gasteiger partial charge in [0.2, 0.25) is 0 Å². The Bertz CT molecular complexity index is 1300. The van der Waals surface area contributed by atoms with Crippen molar-refractivity contribution in [2.45, 2.75) is 30.1 Å². The number of halogens is 1. The Morgan fingerprint density at radius 2 is 1.42 bits per heavy atom. The molecule has 3 rings (SSSR count). The number of hydrogen-bond donors (Lipinski definition) is 5. The van der Waals surface area contributed by atoms with E-state index in [0.717, 1.165) is 6.07 Å². The van der Waals surface area contributed by atoms with Crippen molar-refractivity contribution in [2.24, 2.45) is 10.7 Å². The van der Waals surface area contributed by atoms with Gasteiger partial charge < -0.3 is 69.2 Å². The first-order valence-corrected chi connectivity index (χ1v) is 17.0. The van der Waals surface area contributed by atoms with Crippen molar-refractivity contribution in [3.8, 4) is 0 Å². The highest BCUT2D eigenvalue weighted by atomic mass is 35.5. The van der Waals surface area contributed by atoms with Gasteiger partial charge in [0.25, 0.3) is 11.4 Å². The van der Waals surface area contributed by atoms with Gasteiger partial charge in [-0.1, -0.05) is 0 Å². The minimum Gasteiger partial charge on any atom is -0.388 e. The number of nitro groups is 2. The van der Waals surface area contributed by atoms with E-state index in [-0.39, 0.29) is 67.0 Å². The number of nitrogens with one attached hydrogen (secondary N) is 2. The first kappa shape index (κ1) is 43.4. The molecule has 0 spiro atoms. The molecule has 52 heavy (non-hydrogen) atoms. The first-order chi connectivity index (χ1) is 25.0. The van der Waals surface area contributed by atoms with E-state index in [4.69, 9.17) is 72.2 Å². The van der Waals surface area contributed by atoms with Crippen LogP contribution in [0.1, 0.15) is 0 Å². The van der Waals surface area contributed by atoms with Crippen molar-refractivity contribution in [3.63, 3.8) is 0 Å². The molecule has 1 aromatic rings. The van der Waals surface area contributed by atoms with Crippen molar-refractivity contribution < 1.29 is 62.7 Å². The topological polar surface area (TPSA) is 272 Å². The van der Waals surface area contributed by atoms with Crippen molar-refractivity contribution in [3.05, 3.63) is 38.4 Å². The molecule has 0 aliphatic carbocycles. The lowest BCUT2D eigenvalue weighted by atomic mass is 9.88. The van der Waals surface area contributed by atoms with Crippen LogP contribution in [0.15, 0.2) is 23.2 Å². The SMILES string of the molecule is N/C(Cl)=N\C(=S)N[C@H]1[C@H]2OC[C@](COCCOCCOCCOCCOCCOCCOCCNc3ccc([N+](=O)[O-])cc3[N+](=O)[O-])(O2)[C@H](O)[C@@H]1O. The largest absolute Gasteiger partial charge is 0.388 e. The number of hydrogen-bond acceptors (Lipinski definition) is 17. The predicted molar refractivity (Wildman–Crippen MR) is 187 cm³/mol. The second-order valence-electron chi connectivity index (χ2n) is 11.1. The summed E-state index contributed by atoms with van der Waals surface area (Å²) >= 11 is 10.5. The van der Waals surface area contributed by atoms with Crippen LogP contribution >= 0.6 is 23.8 Å². The number of aliphatic imine (C=N–C) groups is 1. The lowest BCUT2D eigenvalue weighted by Gasteiger charge is -2.42. The molecule has 2 bridgehead atoms. The zero-order chi connectivity index (χ0) is 37.8. The number of benzene rings is 1. The zero-order valence-electron chi connectivity index (χ0n) is 28.3. The fraction of sp³-hybridized carbons (Fsp3) is 0.724. The molecule has 0 amide bonds.